The SMILES string of the molecule is CC1OC(=O)C2C1CCC2(C)C. The van der Waals surface area contributed by atoms with Gasteiger partial charge in [0.15, 0.2) is 0 Å². The summed E-state index contributed by atoms with van der Waals surface area (Å²) in [6.45, 7) is 6.37. The zero-order valence-electron chi connectivity index (χ0n) is 7.96. The molecule has 3 atom stereocenters. The normalized spacial score (nSPS) is 44.2. The summed E-state index contributed by atoms with van der Waals surface area (Å²) in [7, 11) is 0. The van der Waals surface area contributed by atoms with Crippen LogP contribution in [0.1, 0.15) is 33.6 Å². The number of hydrogen-bond donors (Lipinski definition) is 0. The van der Waals surface area contributed by atoms with Crippen LogP contribution < -0.4 is 0 Å². The monoisotopic (exact) mass is 168 g/mol. The van der Waals surface area contributed by atoms with E-state index in [1.165, 1.54) is 6.42 Å². The Morgan fingerprint density at radius 1 is 1.50 bits per heavy atom. The molecule has 0 aromatic heterocycles. The number of cyclic esters (lactones) is 1. The lowest BCUT2D eigenvalue weighted by Gasteiger charge is -2.22. The van der Waals surface area contributed by atoms with Crippen molar-refractivity contribution < 1.29 is 9.53 Å². The van der Waals surface area contributed by atoms with Gasteiger partial charge >= 0.3 is 5.97 Å². The number of rotatable bonds is 0. The number of fused-ring (bicyclic) bond motifs is 1. The zero-order valence-corrected chi connectivity index (χ0v) is 7.96. The van der Waals surface area contributed by atoms with Gasteiger partial charge in [0.2, 0.25) is 0 Å². The second-order valence-corrected chi connectivity index (χ2v) is 4.81. The van der Waals surface area contributed by atoms with Crippen LogP contribution in [0.2, 0.25) is 0 Å². The fourth-order valence-electron chi connectivity index (χ4n) is 2.78. The Hall–Kier alpha value is -0.530. The molecule has 0 amide bonds. The summed E-state index contributed by atoms with van der Waals surface area (Å²) in [5.41, 5.74) is 0.173. The van der Waals surface area contributed by atoms with E-state index in [-0.39, 0.29) is 23.4 Å². The van der Waals surface area contributed by atoms with Gasteiger partial charge in [-0.3, -0.25) is 4.79 Å². The summed E-state index contributed by atoms with van der Waals surface area (Å²) in [4.78, 5) is 11.5. The highest BCUT2D eigenvalue weighted by Gasteiger charge is 2.54. The number of carbonyl (C=O) groups is 1. The lowest BCUT2D eigenvalue weighted by atomic mass is 9.79. The van der Waals surface area contributed by atoms with Crippen LogP contribution in [0.25, 0.3) is 0 Å². The Balaban J connectivity index is 2.29. The molecule has 0 aromatic carbocycles. The molecule has 1 saturated carbocycles. The highest BCUT2D eigenvalue weighted by molar-refractivity contribution is 5.76. The van der Waals surface area contributed by atoms with Crippen LogP contribution in [0, 0.1) is 17.3 Å². The number of ether oxygens (including phenoxy) is 1. The maximum absolute atomic E-state index is 11.5. The maximum atomic E-state index is 11.5. The van der Waals surface area contributed by atoms with E-state index < -0.39 is 0 Å². The lowest BCUT2D eigenvalue weighted by molar-refractivity contribution is -0.146. The summed E-state index contributed by atoms with van der Waals surface area (Å²) in [5, 5.41) is 0. The van der Waals surface area contributed by atoms with E-state index in [0.29, 0.717) is 5.92 Å². The standard InChI is InChI=1S/C10H16O2/c1-6-7-4-5-10(2,3)8(7)9(11)12-6/h6-8H,4-5H2,1-3H3. The van der Waals surface area contributed by atoms with Crippen LogP contribution in [0.3, 0.4) is 0 Å². The fraction of sp³-hybridized carbons (Fsp3) is 0.900. The van der Waals surface area contributed by atoms with E-state index in [0.717, 1.165) is 6.42 Å². The first kappa shape index (κ1) is 8.09. The maximum Gasteiger partial charge on any atom is 0.310 e. The van der Waals surface area contributed by atoms with Gasteiger partial charge in [-0.05, 0) is 25.2 Å². The average molecular weight is 168 g/mol. The van der Waals surface area contributed by atoms with Crippen molar-refractivity contribution in [2.24, 2.45) is 17.3 Å². The van der Waals surface area contributed by atoms with E-state index in [2.05, 4.69) is 13.8 Å². The van der Waals surface area contributed by atoms with Crippen molar-refractivity contribution in [2.75, 3.05) is 0 Å². The second kappa shape index (κ2) is 2.24. The van der Waals surface area contributed by atoms with Gasteiger partial charge in [-0.25, -0.2) is 0 Å². The minimum absolute atomic E-state index is 0.0370. The summed E-state index contributed by atoms with van der Waals surface area (Å²) in [5.74, 6) is 0.704. The molecule has 3 unspecified atom stereocenters. The van der Waals surface area contributed by atoms with Gasteiger partial charge in [0.1, 0.15) is 6.10 Å². The van der Waals surface area contributed by atoms with Crippen LogP contribution in [-0.4, -0.2) is 12.1 Å². The predicted octanol–water partition coefficient (Wildman–Crippen LogP) is 1.98. The van der Waals surface area contributed by atoms with Gasteiger partial charge in [0.05, 0.1) is 5.92 Å². The molecule has 1 aliphatic heterocycles. The van der Waals surface area contributed by atoms with Crippen LogP contribution in [0.15, 0.2) is 0 Å². The average Bonchev–Trinajstić information content (AvgIpc) is 2.37. The molecule has 2 heteroatoms. The Labute approximate surface area is 73.3 Å². The van der Waals surface area contributed by atoms with Crippen molar-refractivity contribution in [1.82, 2.24) is 0 Å². The molecular formula is C10H16O2. The van der Waals surface area contributed by atoms with Crippen molar-refractivity contribution in [1.29, 1.82) is 0 Å². The number of esters is 1. The Bertz CT molecular complexity index is 220. The molecule has 0 aromatic rings. The Kier molecular flexibility index (Phi) is 1.51. The van der Waals surface area contributed by atoms with E-state index >= 15 is 0 Å². The topological polar surface area (TPSA) is 26.3 Å². The van der Waals surface area contributed by atoms with E-state index in [4.69, 9.17) is 4.74 Å². The van der Waals surface area contributed by atoms with Crippen molar-refractivity contribution >= 4 is 5.97 Å². The van der Waals surface area contributed by atoms with E-state index in [9.17, 15) is 4.79 Å². The van der Waals surface area contributed by atoms with Gasteiger partial charge in [-0.15, -0.1) is 0 Å². The molecule has 0 bridgehead atoms. The van der Waals surface area contributed by atoms with Crippen LogP contribution in [-0.2, 0) is 9.53 Å². The lowest BCUT2D eigenvalue weighted by Crippen LogP contribution is -2.25. The highest BCUT2D eigenvalue weighted by atomic mass is 16.6. The molecule has 0 spiro atoms. The third-order valence-electron chi connectivity index (χ3n) is 3.55. The summed E-state index contributed by atoms with van der Waals surface area (Å²) in [6.07, 6.45) is 2.48. The highest BCUT2D eigenvalue weighted by Crippen LogP contribution is 2.52. The van der Waals surface area contributed by atoms with Gasteiger partial charge in [0.25, 0.3) is 0 Å². The van der Waals surface area contributed by atoms with Crippen molar-refractivity contribution in [2.45, 2.75) is 39.7 Å². The first-order chi connectivity index (χ1) is 5.52. The van der Waals surface area contributed by atoms with Crippen LogP contribution in [0.4, 0.5) is 0 Å². The summed E-state index contributed by atoms with van der Waals surface area (Å²) in [6, 6.07) is 0. The molecule has 2 nitrogen and oxygen atoms in total. The number of hydrogen-bond acceptors (Lipinski definition) is 2. The smallest absolute Gasteiger partial charge is 0.310 e. The first-order valence-electron chi connectivity index (χ1n) is 4.73. The Morgan fingerprint density at radius 2 is 2.17 bits per heavy atom. The van der Waals surface area contributed by atoms with Crippen molar-refractivity contribution in [3.63, 3.8) is 0 Å². The van der Waals surface area contributed by atoms with Crippen LogP contribution in [0.5, 0.6) is 0 Å². The minimum Gasteiger partial charge on any atom is -0.462 e. The summed E-state index contributed by atoms with van der Waals surface area (Å²) < 4.78 is 5.22. The van der Waals surface area contributed by atoms with Crippen molar-refractivity contribution in [3.8, 4) is 0 Å². The van der Waals surface area contributed by atoms with E-state index in [1.54, 1.807) is 0 Å². The summed E-state index contributed by atoms with van der Waals surface area (Å²) >= 11 is 0. The minimum atomic E-state index is 0.0370. The molecular weight excluding hydrogens is 152 g/mol. The zero-order chi connectivity index (χ0) is 8.93. The molecule has 1 heterocycles. The quantitative estimate of drug-likeness (QED) is 0.517. The molecule has 12 heavy (non-hydrogen) atoms. The molecule has 2 rings (SSSR count). The van der Waals surface area contributed by atoms with E-state index in [1.807, 2.05) is 6.92 Å². The predicted molar refractivity (Wildman–Crippen MR) is 45.5 cm³/mol. The van der Waals surface area contributed by atoms with Gasteiger partial charge in [-0.2, -0.15) is 0 Å². The molecule has 2 fully saturated rings. The molecule has 1 aliphatic carbocycles. The third-order valence-corrected chi connectivity index (χ3v) is 3.55. The van der Waals surface area contributed by atoms with Crippen LogP contribution >= 0.6 is 0 Å². The first-order valence-corrected chi connectivity index (χ1v) is 4.73. The molecule has 0 radical (unpaired) electrons. The largest absolute Gasteiger partial charge is 0.462 e. The fourth-order valence-corrected chi connectivity index (χ4v) is 2.78. The molecule has 0 N–H and O–H groups in total. The third kappa shape index (κ3) is 0.900. The Morgan fingerprint density at radius 3 is 2.75 bits per heavy atom. The van der Waals surface area contributed by atoms with Gasteiger partial charge in [0, 0.05) is 5.92 Å². The molecule has 2 aliphatic rings. The van der Waals surface area contributed by atoms with Gasteiger partial charge < -0.3 is 4.74 Å². The second-order valence-electron chi connectivity index (χ2n) is 4.81. The molecule has 1 saturated heterocycles. The van der Waals surface area contributed by atoms with Crippen molar-refractivity contribution in [3.05, 3.63) is 0 Å². The van der Waals surface area contributed by atoms with Gasteiger partial charge in [-0.1, -0.05) is 13.8 Å². The number of carbonyl (C=O) groups excluding carboxylic acids is 1. The molecule has 68 valence electrons.